The van der Waals surface area contributed by atoms with Gasteiger partial charge in [-0.2, -0.15) is 0 Å². The van der Waals surface area contributed by atoms with E-state index in [1.807, 2.05) is 0 Å². The summed E-state index contributed by atoms with van der Waals surface area (Å²) >= 11 is 0. The molecule has 0 saturated heterocycles. The van der Waals surface area contributed by atoms with Gasteiger partial charge in [0.25, 0.3) is 0 Å². The Morgan fingerprint density at radius 1 is 0.833 bits per heavy atom. The lowest BCUT2D eigenvalue weighted by Gasteiger charge is -2.15. The summed E-state index contributed by atoms with van der Waals surface area (Å²) in [5.41, 5.74) is 0. The van der Waals surface area contributed by atoms with Crippen LogP contribution in [0.4, 0.5) is 0 Å². The maximum Gasteiger partial charge on any atom is -0.0440 e. The molecule has 0 aliphatic heterocycles. The molecule has 0 amide bonds. The Labute approximate surface area is 78.8 Å². The fourth-order valence-electron chi connectivity index (χ4n) is 1.70. The van der Waals surface area contributed by atoms with E-state index < -0.39 is 0 Å². The van der Waals surface area contributed by atoms with Crippen LogP contribution < -0.4 is 0 Å². The van der Waals surface area contributed by atoms with E-state index >= 15 is 0 Å². The van der Waals surface area contributed by atoms with Crippen molar-refractivity contribution < 1.29 is 0 Å². The number of rotatable bonds is 6. The van der Waals surface area contributed by atoms with E-state index in [-0.39, 0.29) is 0 Å². The third-order valence-corrected chi connectivity index (χ3v) is 2.72. The molecule has 0 aromatic heterocycles. The van der Waals surface area contributed by atoms with Gasteiger partial charge < -0.3 is 0 Å². The highest BCUT2D eigenvalue weighted by Gasteiger charge is 2.06. The van der Waals surface area contributed by atoms with Gasteiger partial charge >= 0.3 is 0 Å². The maximum atomic E-state index is 2.39. The van der Waals surface area contributed by atoms with Gasteiger partial charge in [0.2, 0.25) is 0 Å². The van der Waals surface area contributed by atoms with Crippen LogP contribution in [-0.2, 0) is 0 Å². The van der Waals surface area contributed by atoms with Crippen LogP contribution in [0.3, 0.4) is 0 Å². The summed E-state index contributed by atoms with van der Waals surface area (Å²) in [5.74, 6) is 2.73. The van der Waals surface area contributed by atoms with Crippen LogP contribution >= 0.6 is 0 Å². The SMILES string of the molecule is CC[C@H](C)CC[C@H](C)CC(C)C. The molecule has 0 aliphatic rings. The highest BCUT2D eigenvalue weighted by Crippen LogP contribution is 2.20. The second kappa shape index (κ2) is 6.51. The van der Waals surface area contributed by atoms with Crippen LogP contribution in [0.15, 0.2) is 0 Å². The fourth-order valence-corrected chi connectivity index (χ4v) is 1.70. The molecule has 0 radical (unpaired) electrons. The average molecular weight is 170 g/mol. The molecule has 2 atom stereocenters. The quantitative estimate of drug-likeness (QED) is 0.551. The molecule has 0 heterocycles. The van der Waals surface area contributed by atoms with Gasteiger partial charge in [-0.05, 0) is 24.2 Å². The van der Waals surface area contributed by atoms with Gasteiger partial charge in [0.15, 0.2) is 0 Å². The highest BCUT2D eigenvalue weighted by molar-refractivity contribution is 4.59. The second-order valence-electron chi connectivity index (χ2n) is 4.83. The lowest BCUT2D eigenvalue weighted by Crippen LogP contribution is -2.02. The summed E-state index contributed by atoms with van der Waals surface area (Å²) < 4.78 is 0. The van der Waals surface area contributed by atoms with E-state index in [4.69, 9.17) is 0 Å². The minimum absolute atomic E-state index is 0.872. The zero-order valence-electron chi connectivity index (χ0n) is 9.56. The van der Waals surface area contributed by atoms with Crippen molar-refractivity contribution in [3.05, 3.63) is 0 Å². The molecule has 0 N–H and O–H groups in total. The van der Waals surface area contributed by atoms with E-state index in [1.54, 1.807) is 0 Å². The molecule has 0 unspecified atom stereocenters. The van der Waals surface area contributed by atoms with Gasteiger partial charge in [-0.25, -0.2) is 0 Å². The standard InChI is InChI=1S/C12H26/c1-6-11(4)7-8-12(5)9-10(2)3/h10-12H,6-9H2,1-5H3/t11-,12-/m0/s1. The van der Waals surface area contributed by atoms with Crippen LogP contribution in [0, 0.1) is 17.8 Å². The smallest absolute Gasteiger partial charge is 0.0440 e. The van der Waals surface area contributed by atoms with Crippen molar-refractivity contribution in [1.29, 1.82) is 0 Å². The third kappa shape index (κ3) is 6.69. The lowest BCUT2D eigenvalue weighted by molar-refractivity contribution is 0.368. The van der Waals surface area contributed by atoms with E-state index in [9.17, 15) is 0 Å². The monoisotopic (exact) mass is 170 g/mol. The number of hydrogen-bond donors (Lipinski definition) is 0. The van der Waals surface area contributed by atoms with Crippen molar-refractivity contribution >= 4 is 0 Å². The predicted molar refractivity (Wildman–Crippen MR) is 57.3 cm³/mol. The molecule has 0 spiro atoms. The Balaban J connectivity index is 3.36. The molecule has 0 fully saturated rings. The second-order valence-corrected chi connectivity index (χ2v) is 4.83. The van der Waals surface area contributed by atoms with Crippen molar-refractivity contribution in [2.75, 3.05) is 0 Å². The van der Waals surface area contributed by atoms with Crippen LogP contribution in [0.25, 0.3) is 0 Å². The Bertz CT molecular complexity index is 94.2. The van der Waals surface area contributed by atoms with Crippen molar-refractivity contribution in [3.63, 3.8) is 0 Å². The molecule has 0 bridgehead atoms. The van der Waals surface area contributed by atoms with E-state index in [0.717, 1.165) is 17.8 Å². The van der Waals surface area contributed by atoms with Gasteiger partial charge in [0.05, 0.1) is 0 Å². The van der Waals surface area contributed by atoms with E-state index in [2.05, 4.69) is 34.6 Å². The molecule has 0 aromatic carbocycles. The molecule has 12 heavy (non-hydrogen) atoms. The van der Waals surface area contributed by atoms with Gasteiger partial charge in [0, 0.05) is 0 Å². The number of hydrogen-bond acceptors (Lipinski definition) is 0. The predicted octanol–water partition coefficient (Wildman–Crippen LogP) is 4.49. The summed E-state index contributed by atoms with van der Waals surface area (Å²) in [6.07, 6.45) is 5.59. The Kier molecular flexibility index (Phi) is 6.51. The van der Waals surface area contributed by atoms with Crippen LogP contribution in [0.1, 0.15) is 60.3 Å². The molecule has 0 saturated carbocycles. The molecule has 0 aliphatic carbocycles. The largest absolute Gasteiger partial charge is 0.0651 e. The van der Waals surface area contributed by atoms with Gasteiger partial charge in [-0.1, -0.05) is 53.9 Å². The van der Waals surface area contributed by atoms with Crippen molar-refractivity contribution in [2.24, 2.45) is 17.8 Å². The Morgan fingerprint density at radius 2 is 1.33 bits per heavy atom. The van der Waals surface area contributed by atoms with Gasteiger partial charge in [0.1, 0.15) is 0 Å². The molecule has 0 nitrogen and oxygen atoms in total. The van der Waals surface area contributed by atoms with Crippen LogP contribution in [0.5, 0.6) is 0 Å². The summed E-state index contributed by atoms with van der Waals surface area (Å²) in [5, 5.41) is 0. The summed E-state index contributed by atoms with van der Waals surface area (Å²) in [7, 11) is 0. The Hall–Kier alpha value is 0. The van der Waals surface area contributed by atoms with E-state index in [1.165, 1.54) is 25.7 Å². The van der Waals surface area contributed by atoms with Crippen molar-refractivity contribution in [1.82, 2.24) is 0 Å². The summed E-state index contributed by atoms with van der Waals surface area (Å²) in [4.78, 5) is 0. The topological polar surface area (TPSA) is 0 Å². The molecule has 0 rings (SSSR count). The zero-order valence-corrected chi connectivity index (χ0v) is 9.56. The Morgan fingerprint density at radius 3 is 1.75 bits per heavy atom. The van der Waals surface area contributed by atoms with Crippen molar-refractivity contribution in [3.8, 4) is 0 Å². The first-order valence-electron chi connectivity index (χ1n) is 5.56. The maximum absolute atomic E-state index is 2.39. The van der Waals surface area contributed by atoms with E-state index in [0.29, 0.717) is 0 Å². The molecule has 0 heteroatoms. The molecular formula is C12H26. The molecular weight excluding hydrogens is 144 g/mol. The lowest BCUT2D eigenvalue weighted by atomic mass is 9.91. The average Bonchev–Trinajstić information content (AvgIpc) is 1.99. The first-order chi connectivity index (χ1) is 5.56. The highest BCUT2D eigenvalue weighted by atomic mass is 14.1. The molecule has 0 aromatic rings. The minimum Gasteiger partial charge on any atom is -0.0651 e. The normalized spacial score (nSPS) is 16.5. The first kappa shape index (κ1) is 12.0. The summed E-state index contributed by atoms with van der Waals surface area (Å²) in [6, 6.07) is 0. The minimum atomic E-state index is 0.872. The van der Waals surface area contributed by atoms with Crippen molar-refractivity contribution in [2.45, 2.75) is 60.3 Å². The van der Waals surface area contributed by atoms with Gasteiger partial charge in [-0.3, -0.25) is 0 Å². The zero-order chi connectivity index (χ0) is 9.56. The summed E-state index contributed by atoms with van der Waals surface area (Å²) in [6.45, 7) is 11.7. The van der Waals surface area contributed by atoms with Crippen LogP contribution in [-0.4, -0.2) is 0 Å². The fraction of sp³-hybridized carbons (Fsp3) is 1.00. The molecule has 74 valence electrons. The van der Waals surface area contributed by atoms with Gasteiger partial charge in [-0.15, -0.1) is 0 Å². The third-order valence-electron chi connectivity index (χ3n) is 2.72. The van der Waals surface area contributed by atoms with Crippen LogP contribution in [0.2, 0.25) is 0 Å². The first-order valence-corrected chi connectivity index (χ1v) is 5.56.